The van der Waals surface area contributed by atoms with Gasteiger partial charge in [0, 0.05) is 50.8 Å². The number of carbonyl (C=O) groups is 5. The molecule has 1 aliphatic heterocycles. The predicted molar refractivity (Wildman–Crippen MR) is 141 cm³/mol. The van der Waals surface area contributed by atoms with Gasteiger partial charge in [-0.05, 0) is 36.1 Å². The summed E-state index contributed by atoms with van der Waals surface area (Å²) in [6.45, 7) is 0.686. The van der Waals surface area contributed by atoms with E-state index in [1.807, 2.05) is 30.3 Å². The first-order valence-electron chi connectivity index (χ1n) is 12.4. The fourth-order valence-corrected chi connectivity index (χ4v) is 4.07. The number of benzene rings is 2. The minimum Gasteiger partial charge on any atom is -0.465 e. The largest absolute Gasteiger partial charge is 0.465 e. The molecule has 0 saturated carbocycles. The first-order valence-corrected chi connectivity index (χ1v) is 12.4. The van der Waals surface area contributed by atoms with Crippen molar-refractivity contribution < 1.29 is 29.1 Å². The molecular formula is C28H32N4O6. The van der Waals surface area contributed by atoms with Gasteiger partial charge in [0.1, 0.15) is 6.04 Å². The second kappa shape index (κ2) is 13.7. The molecule has 200 valence electrons. The second-order valence-electron chi connectivity index (χ2n) is 9.00. The average Bonchev–Trinajstić information content (AvgIpc) is 3.23. The van der Waals surface area contributed by atoms with Gasteiger partial charge in [-0.1, -0.05) is 48.9 Å². The normalized spacial score (nSPS) is 13.3. The third kappa shape index (κ3) is 8.29. The standard InChI is InChI=1S/C28H32N4O6/c1-31(27(36)23(30-28(37)38)18-20-8-4-2-5-9-20)22-13-11-21(12-14-22)19-29-24(33)10-6-3-7-17-32-25(34)15-16-26(32)35/h2,4-5,8-9,11-16,23,30H,3,6-7,10,17-19H2,1H3,(H,29,33)(H,37,38). The lowest BCUT2D eigenvalue weighted by atomic mass is 10.0. The highest BCUT2D eigenvalue weighted by Crippen LogP contribution is 2.16. The first-order chi connectivity index (χ1) is 18.2. The van der Waals surface area contributed by atoms with E-state index in [0.717, 1.165) is 17.5 Å². The number of hydrogen-bond donors (Lipinski definition) is 3. The van der Waals surface area contributed by atoms with Gasteiger partial charge in [0.05, 0.1) is 0 Å². The maximum atomic E-state index is 13.0. The van der Waals surface area contributed by atoms with Gasteiger partial charge in [0.25, 0.3) is 11.8 Å². The Bertz CT molecular complexity index is 1160. The summed E-state index contributed by atoms with van der Waals surface area (Å²) in [4.78, 5) is 62.1. The molecule has 0 aliphatic carbocycles. The van der Waals surface area contributed by atoms with Gasteiger partial charge in [-0.3, -0.25) is 24.1 Å². The number of likely N-dealkylation sites (N-methyl/N-ethyl adjacent to an activating group) is 1. The van der Waals surface area contributed by atoms with Gasteiger partial charge >= 0.3 is 6.09 Å². The number of anilines is 1. The van der Waals surface area contributed by atoms with E-state index >= 15 is 0 Å². The molecule has 0 bridgehead atoms. The second-order valence-corrected chi connectivity index (χ2v) is 9.00. The van der Waals surface area contributed by atoms with Crippen molar-refractivity contribution in [3.63, 3.8) is 0 Å². The van der Waals surface area contributed by atoms with Gasteiger partial charge in [-0.2, -0.15) is 0 Å². The van der Waals surface area contributed by atoms with Gasteiger partial charge in [-0.15, -0.1) is 0 Å². The van der Waals surface area contributed by atoms with Crippen molar-refractivity contribution in [2.45, 2.75) is 44.7 Å². The van der Waals surface area contributed by atoms with Crippen molar-refractivity contribution in [3.05, 3.63) is 77.9 Å². The Morgan fingerprint density at radius 3 is 2.18 bits per heavy atom. The van der Waals surface area contributed by atoms with Crippen molar-refractivity contribution in [3.8, 4) is 0 Å². The van der Waals surface area contributed by atoms with Crippen LogP contribution in [0.3, 0.4) is 0 Å². The number of carbonyl (C=O) groups excluding carboxylic acids is 4. The van der Waals surface area contributed by atoms with Crippen molar-refractivity contribution in [1.82, 2.24) is 15.5 Å². The summed E-state index contributed by atoms with van der Waals surface area (Å²) in [7, 11) is 1.59. The van der Waals surface area contributed by atoms with E-state index < -0.39 is 12.1 Å². The summed E-state index contributed by atoms with van der Waals surface area (Å²) in [6.07, 6.45) is 3.84. The van der Waals surface area contributed by atoms with Crippen LogP contribution in [-0.4, -0.2) is 59.4 Å². The van der Waals surface area contributed by atoms with Gasteiger partial charge < -0.3 is 20.6 Å². The van der Waals surface area contributed by atoms with E-state index in [-0.39, 0.29) is 30.0 Å². The van der Waals surface area contributed by atoms with Crippen LogP contribution in [0.4, 0.5) is 10.5 Å². The van der Waals surface area contributed by atoms with Crippen LogP contribution in [0.15, 0.2) is 66.7 Å². The molecule has 10 nitrogen and oxygen atoms in total. The molecule has 0 spiro atoms. The van der Waals surface area contributed by atoms with Gasteiger partial charge in [0.15, 0.2) is 0 Å². The number of imide groups is 1. The molecule has 1 unspecified atom stereocenters. The van der Waals surface area contributed by atoms with Crippen LogP contribution in [0.5, 0.6) is 0 Å². The zero-order valence-corrected chi connectivity index (χ0v) is 21.3. The third-order valence-corrected chi connectivity index (χ3v) is 6.21. The van der Waals surface area contributed by atoms with Gasteiger partial charge in [0.2, 0.25) is 11.8 Å². The minimum absolute atomic E-state index is 0.0973. The van der Waals surface area contributed by atoms with Crippen LogP contribution in [-0.2, 0) is 32.1 Å². The average molecular weight is 521 g/mol. The number of nitrogens with one attached hydrogen (secondary N) is 2. The maximum absolute atomic E-state index is 13.0. The fourth-order valence-electron chi connectivity index (χ4n) is 4.07. The number of amides is 5. The molecule has 38 heavy (non-hydrogen) atoms. The molecule has 0 aromatic heterocycles. The van der Waals surface area contributed by atoms with Crippen LogP contribution < -0.4 is 15.5 Å². The van der Waals surface area contributed by atoms with Crippen molar-refractivity contribution in [1.29, 1.82) is 0 Å². The van der Waals surface area contributed by atoms with Crippen LogP contribution >= 0.6 is 0 Å². The highest BCUT2D eigenvalue weighted by molar-refractivity contribution is 6.12. The molecule has 2 aromatic rings. The van der Waals surface area contributed by atoms with Crippen molar-refractivity contribution in [2.75, 3.05) is 18.5 Å². The quantitative estimate of drug-likeness (QED) is 0.274. The minimum atomic E-state index is -1.27. The van der Waals surface area contributed by atoms with E-state index in [4.69, 9.17) is 0 Å². The smallest absolute Gasteiger partial charge is 0.405 e. The molecular weight excluding hydrogens is 488 g/mol. The molecule has 0 saturated heterocycles. The zero-order chi connectivity index (χ0) is 27.5. The van der Waals surface area contributed by atoms with Crippen LogP contribution in [0.25, 0.3) is 0 Å². The Kier molecular flexibility index (Phi) is 10.2. The van der Waals surface area contributed by atoms with Crippen molar-refractivity contribution in [2.24, 2.45) is 0 Å². The topological polar surface area (TPSA) is 136 Å². The summed E-state index contributed by atoms with van der Waals surface area (Å²) in [5.74, 6) is -1.07. The van der Waals surface area contributed by atoms with Crippen molar-refractivity contribution >= 4 is 35.4 Å². The highest BCUT2D eigenvalue weighted by atomic mass is 16.4. The number of carboxylic acid groups (broad SMARTS) is 1. The number of unbranched alkanes of at least 4 members (excludes halogenated alkanes) is 2. The molecule has 3 rings (SSSR count). The molecule has 1 aliphatic rings. The lowest BCUT2D eigenvalue weighted by Gasteiger charge is -2.24. The summed E-state index contributed by atoms with van der Waals surface area (Å²) in [6, 6.07) is 15.3. The number of rotatable bonds is 13. The Hall–Kier alpha value is -4.47. The van der Waals surface area contributed by atoms with E-state index in [2.05, 4.69) is 10.6 Å². The monoisotopic (exact) mass is 520 g/mol. The highest BCUT2D eigenvalue weighted by Gasteiger charge is 2.25. The van der Waals surface area contributed by atoms with Gasteiger partial charge in [-0.25, -0.2) is 4.79 Å². The molecule has 5 amide bonds. The molecule has 10 heteroatoms. The maximum Gasteiger partial charge on any atom is 0.405 e. The predicted octanol–water partition coefficient (Wildman–Crippen LogP) is 2.63. The van der Waals surface area contributed by atoms with E-state index in [1.165, 1.54) is 22.0 Å². The molecule has 0 fully saturated rings. The van der Waals surface area contributed by atoms with Crippen LogP contribution in [0.1, 0.15) is 36.8 Å². The SMILES string of the molecule is CN(C(=O)C(Cc1ccccc1)NC(=O)O)c1ccc(CNC(=O)CCCCCN2C(=O)C=CC2=O)cc1. The lowest BCUT2D eigenvalue weighted by molar-refractivity contribution is -0.137. The van der Waals surface area contributed by atoms with Crippen LogP contribution in [0, 0.1) is 0 Å². The summed E-state index contributed by atoms with van der Waals surface area (Å²) < 4.78 is 0. The van der Waals surface area contributed by atoms with E-state index in [1.54, 1.807) is 31.3 Å². The lowest BCUT2D eigenvalue weighted by Crippen LogP contribution is -2.48. The van der Waals surface area contributed by atoms with Crippen LogP contribution in [0.2, 0.25) is 0 Å². The fraction of sp³-hybridized carbons (Fsp3) is 0.321. The number of nitrogens with zero attached hydrogens (tertiary/aromatic N) is 2. The molecule has 3 N–H and O–H groups in total. The zero-order valence-electron chi connectivity index (χ0n) is 21.3. The Labute approximate surface area is 221 Å². The molecule has 1 atom stereocenters. The summed E-state index contributed by atoms with van der Waals surface area (Å²) in [5.41, 5.74) is 2.29. The summed E-state index contributed by atoms with van der Waals surface area (Å²) in [5, 5.41) is 14.4. The number of hydrogen-bond acceptors (Lipinski definition) is 5. The first kappa shape index (κ1) is 28.1. The van der Waals surface area contributed by atoms with E-state index in [9.17, 15) is 29.1 Å². The Balaban J connectivity index is 1.42. The third-order valence-electron chi connectivity index (χ3n) is 6.21. The molecule has 1 heterocycles. The Morgan fingerprint density at radius 1 is 0.895 bits per heavy atom. The Morgan fingerprint density at radius 2 is 1.55 bits per heavy atom. The van der Waals surface area contributed by atoms with E-state index in [0.29, 0.717) is 38.0 Å². The molecule has 0 radical (unpaired) electrons. The molecule has 2 aromatic carbocycles. The summed E-state index contributed by atoms with van der Waals surface area (Å²) >= 11 is 0.